The summed E-state index contributed by atoms with van der Waals surface area (Å²) >= 11 is 0. The van der Waals surface area contributed by atoms with E-state index in [-0.39, 0.29) is 18.1 Å². The van der Waals surface area contributed by atoms with Gasteiger partial charge in [-0.3, -0.25) is 4.79 Å². The number of nitrogens with zero attached hydrogens (tertiary/aromatic N) is 1. The molecule has 1 amide bonds. The first kappa shape index (κ1) is 21.7. The van der Waals surface area contributed by atoms with Crippen molar-refractivity contribution in [2.24, 2.45) is 0 Å². The molecule has 35 heavy (non-hydrogen) atoms. The van der Waals surface area contributed by atoms with E-state index in [0.29, 0.717) is 6.54 Å². The predicted octanol–water partition coefficient (Wildman–Crippen LogP) is 5.58. The number of carbonyl (C=O) groups is 1. The Morgan fingerprint density at radius 2 is 1.83 bits per heavy atom. The zero-order chi connectivity index (χ0) is 23.9. The second-order valence-corrected chi connectivity index (χ2v) is 9.11. The Labute approximate surface area is 204 Å². The maximum absolute atomic E-state index is 13.7. The fourth-order valence-electron chi connectivity index (χ4n) is 5.55. The number of carbonyl (C=O) groups excluding carboxylic acids is 1. The third kappa shape index (κ3) is 3.56. The number of H-pyrrole nitrogens is 1. The quantitative estimate of drug-likeness (QED) is 0.401. The fraction of sp³-hybridized carbons (Fsp3) is 0.276. The first-order chi connectivity index (χ1) is 17.2. The lowest BCUT2D eigenvalue weighted by Gasteiger charge is -2.29. The Hall–Kier alpha value is -3.77. The van der Waals surface area contributed by atoms with Crippen molar-refractivity contribution in [3.63, 3.8) is 0 Å². The van der Waals surface area contributed by atoms with E-state index in [0.717, 1.165) is 69.8 Å². The van der Waals surface area contributed by atoms with E-state index in [1.165, 1.54) is 0 Å². The van der Waals surface area contributed by atoms with Crippen LogP contribution >= 0.6 is 0 Å². The Morgan fingerprint density at radius 1 is 1.00 bits per heavy atom. The van der Waals surface area contributed by atoms with E-state index in [2.05, 4.69) is 23.2 Å². The minimum absolute atomic E-state index is 0.0509. The van der Waals surface area contributed by atoms with Gasteiger partial charge in [0.25, 0.3) is 5.91 Å². The average Bonchev–Trinajstić information content (AvgIpc) is 3.61. The molecule has 3 aromatic carbocycles. The van der Waals surface area contributed by atoms with Crippen molar-refractivity contribution in [3.05, 3.63) is 83.4 Å². The monoisotopic (exact) mass is 468 g/mol. The van der Waals surface area contributed by atoms with Gasteiger partial charge in [-0.25, -0.2) is 0 Å². The molecule has 0 radical (unpaired) electrons. The maximum atomic E-state index is 13.7. The molecule has 0 saturated carbocycles. The molecule has 1 saturated heterocycles. The highest BCUT2D eigenvalue weighted by Gasteiger charge is 2.41. The van der Waals surface area contributed by atoms with E-state index >= 15 is 0 Å². The smallest absolute Gasteiger partial charge is 0.255 e. The van der Waals surface area contributed by atoms with Gasteiger partial charge in [0.1, 0.15) is 11.5 Å². The summed E-state index contributed by atoms with van der Waals surface area (Å²) in [6.07, 6.45) is 2.05. The van der Waals surface area contributed by atoms with Crippen LogP contribution in [0.4, 0.5) is 0 Å². The van der Waals surface area contributed by atoms with Crippen molar-refractivity contribution in [1.29, 1.82) is 0 Å². The number of para-hydroxylation sites is 1. The van der Waals surface area contributed by atoms with Gasteiger partial charge in [-0.2, -0.15) is 0 Å². The maximum Gasteiger partial charge on any atom is 0.255 e. The number of rotatable bonds is 6. The number of fused-ring (bicyclic) bond motifs is 2. The lowest BCUT2D eigenvalue weighted by molar-refractivity contribution is 0.0501. The summed E-state index contributed by atoms with van der Waals surface area (Å²) < 4.78 is 17.3. The number of ether oxygens (including phenoxy) is 3. The zero-order valence-corrected chi connectivity index (χ0v) is 19.9. The number of amides is 1. The minimum atomic E-state index is -0.245. The molecule has 2 atom stereocenters. The minimum Gasteiger partial charge on any atom is -0.497 e. The van der Waals surface area contributed by atoms with E-state index in [4.69, 9.17) is 14.2 Å². The van der Waals surface area contributed by atoms with Crippen LogP contribution in [-0.4, -0.2) is 49.3 Å². The molecule has 2 aliphatic heterocycles. The Balaban J connectivity index is 1.60. The number of aromatic amines is 1. The number of nitrogens with one attached hydrogen (secondary N) is 1. The molecule has 0 bridgehead atoms. The highest BCUT2D eigenvalue weighted by atomic mass is 16.5. The molecule has 4 aromatic rings. The van der Waals surface area contributed by atoms with Crippen LogP contribution in [0.5, 0.6) is 11.5 Å². The number of benzene rings is 3. The van der Waals surface area contributed by atoms with Crippen LogP contribution in [0.2, 0.25) is 0 Å². The lowest BCUT2D eigenvalue weighted by Crippen LogP contribution is -2.35. The van der Waals surface area contributed by atoms with Crippen molar-refractivity contribution in [2.75, 3.05) is 27.4 Å². The number of methoxy groups -OCH3 is 2. The van der Waals surface area contributed by atoms with Gasteiger partial charge in [-0.1, -0.05) is 36.4 Å². The highest BCUT2D eigenvalue weighted by molar-refractivity contribution is 6.02. The number of hydrogen-bond donors (Lipinski definition) is 1. The Kier molecular flexibility index (Phi) is 5.46. The third-order valence-electron chi connectivity index (χ3n) is 7.18. The molecule has 3 heterocycles. The van der Waals surface area contributed by atoms with Crippen LogP contribution in [0.1, 0.15) is 40.4 Å². The summed E-state index contributed by atoms with van der Waals surface area (Å²) in [6, 6.07) is 21.7. The molecule has 0 spiro atoms. The molecule has 1 aromatic heterocycles. The SMILES string of the molecule is COc1ccc(OC)c(-c2[nH]c3ccccc3c2[C@@H]2c3ccccc3C(=O)N2C[C@@H]2CCCO2)c1. The summed E-state index contributed by atoms with van der Waals surface area (Å²) in [4.78, 5) is 19.3. The van der Waals surface area contributed by atoms with E-state index < -0.39 is 0 Å². The molecule has 178 valence electrons. The van der Waals surface area contributed by atoms with Gasteiger partial charge >= 0.3 is 0 Å². The van der Waals surface area contributed by atoms with E-state index in [9.17, 15) is 4.79 Å². The summed E-state index contributed by atoms with van der Waals surface area (Å²) in [5.74, 6) is 1.53. The summed E-state index contributed by atoms with van der Waals surface area (Å²) in [6.45, 7) is 1.32. The first-order valence-electron chi connectivity index (χ1n) is 12.0. The van der Waals surface area contributed by atoms with Crippen LogP contribution in [0, 0.1) is 0 Å². The normalized spacial score (nSPS) is 19.4. The third-order valence-corrected chi connectivity index (χ3v) is 7.18. The van der Waals surface area contributed by atoms with Gasteiger partial charge in [-0.15, -0.1) is 0 Å². The summed E-state index contributed by atoms with van der Waals surface area (Å²) in [7, 11) is 3.33. The molecule has 6 heteroatoms. The molecule has 1 fully saturated rings. The van der Waals surface area contributed by atoms with Crippen LogP contribution in [-0.2, 0) is 4.74 Å². The standard InChI is InChI=1S/C29H28N2O4/c1-33-18-13-14-25(34-2)23(16-18)27-26(22-11-5-6-12-24(22)30-27)28-20-9-3-4-10-21(20)29(32)31(28)17-19-8-7-15-35-19/h3-6,9-14,16,19,28,30H,7-8,15,17H2,1-2H3/t19-,28-/m0/s1. The van der Waals surface area contributed by atoms with Gasteiger partial charge in [0.2, 0.25) is 0 Å². The molecule has 0 unspecified atom stereocenters. The van der Waals surface area contributed by atoms with Gasteiger partial charge in [0, 0.05) is 40.7 Å². The van der Waals surface area contributed by atoms with Crippen LogP contribution in [0.3, 0.4) is 0 Å². The Bertz CT molecular complexity index is 1400. The van der Waals surface area contributed by atoms with Crippen molar-refractivity contribution < 1.29 is 19.0 Å². The largest absolute Gasteiger partial charge is 0.497 e. The zero-order valence-electron chi connectivity index (χ0n) is 19.9. The molecule has 6 nitrogen and oxygen atoms in total. The molecule has 0 aliphatic carbocycles. The summed E-state index contributed by atoms with van der Waals surface area (Å²) in [5.41, 5.74) is 5.66. The van der Waals surface area contributed by atoms with E-state index in [1.807, 2.05) is 53.4 Å². The van der Waals surface area contributed by atoms with Gasteiger partial charge in [0.05, 0.1) is 32.1 Å². The molecular formula is C29H28N2O4. The number of hydrogen-bond acceptors (Lipinski definition) is 4. The van der Waals surface area contributed by atoms with Crippen molar-refractivity contribution >= 4 is 16.8 Å². The first-order valence-corrected chi connectivity index (χ1v) is 12.0. The van der Waals surface area contributed by atoms with Gasteiger partial charge < -0.3 is 24.1 Å². The molecule has 2 aliphatic rings. The van der Waals surface area contributed by atoms with Gasteiger partial charge in [0.15, 0.2) is 0 Å². The lowest BCUT2D eigenvalue weighted by atomic mass is 9.92. The van der Waals surface area contributed by atoms with Crippen LogP contribution in [0.15, 0.2) is 66.7 Å². The van der Waals surface area contributed by atoms with Crippen LogP contribution in [0.25, 0.3) is 22.2 Å². The number of aromatic nitrogens is 1. The topological polar surface area (TPSA) is 63.8 Å². The van der Waals surface area contributed by atoms with Crippen molar-refractivity contribution in [3.8, 4) is 22.8 Å². The molecule has 1 N–H and O–H groups in total. The molecular weight excluding hydrogens is 440 g/mol. The van der Waals surface area contributed by atoms with Crippen LogP contribution < -0.4 is 9.47 Å². The second-order valence-electron chi connectivity index (χ2n) is 9.11. The summed E-state index contributed by atoms with van der Waals surface area (Å²) in [5, 5.41) is 1.08. The second kappa shape index (κ2) is 8.78. The van der Waals surface area contributed by atoms with E-state index in [1.54, 1.807) is 14.2 Å². The van der Waals surface area contributed by atoms with Crippen molar-refractivity contribution in [1.82, 2.24) is 9.88 Å². The predicted molar refractivity (Wildman–Crippen MR) is 135 cm³/mol. The molecule has 6 rings (SSSR count). The Morgan fingerprint density at radius 3 is 2.63 bits per heavy atom. The fourth-order valence-corrected chi connectivity index (χ4v) is 5.55. The van der Waals surface area contributed by atoms with Crippen molar-refractivity contribution in [2.45, 2.75) is 25.0 Å². The van der Waals surface area contributed by atoms with Gasteiger partial charge in [-0.05, 0) is 48.7 Å². The average molecular weight is 469 g/mol. The highest BCUT2D eigenvalue weighted by Crippen LogP contribution is 2.47.